The number of carbonyl (C=O) groups is 3. The lowest BCUT2D eigenvalue weighted by molar-refractivity contribution is -0.150. The van der Waals surface area contributed by atoms with Gasteiger partial charge in [0.05, 0.1) is 5.69 Å². The summed E-state index contributed by atoms with van der Waals surface area (Å²) >= 11 is 1.46. The Balaban J connectivity index is 1.51. The average Bonchev–Trinajstić information content (AvgIpc) is 3.33. The summed E-state index contributed by atoms with van der Waals surface area (Å²) < 4.78 is 0. The van der Waals surface area contributed by atoms with Crippen molar-refractivity contribution in [2.24, 2.45) is 5.92 Å². The fraction of sp³-hybridized carbons (Fsp3) is 0.640. The van der Waals surface area contributed by atoms with Crippen molar-refractivity contribution in [1.29, 1.82) is 0 Å². The van der Waals surface area contributed by atoms with E-state index in [1.54, 1.807) is 16.8 Å². The van der Waals surface area contributed by atoms with Gasteiger partial charge in [-0.05, 0) is 31.7 Å². The Hall–Kier alpha value is -2.02. The summed E-state index contributed by atoms with van der Waals surface area (Å²) in [6, 6.07) is 7.29. The maximum Gasteiger partial charge on any atom is 0.268 e. The molecule has 3 amide bonds. The highest BCUT2D eigenvalue weighted by atomic mass is 32.2. The van der Waals surface area contributed by atoms with Crippen LogP contribution >= 0.6 is 11.8 Å². The number of nitrogens with one attached hydrogen (secondary N) is 1. The summed E-state index contributed by atoms with van der Waals surface area (Å²) in [4.78, 5) is 43.5. The Labute approximate surface area is 194 Å². The Morgan fingerprint density at radius 1 is 1.00 bits per heavy atom. The van der Waals surface area contributed by atoms with Crippen LogP contribution in [0.1, 0.15) is 69.8 Å². The van der Waals surface area contributed by atoms with Gasteiger partial charge in [0.25, 0.3) is 5.91 Å². The van der Waals surface area contributed by atoms with Crippen LogP contribution in [0, 0.1) is 5.92 Å². The highest BCUT2D eigenvalue weighted by Crippen LogP contribution is 2.56. The van der Waals surface area contributed by atoms with E-state index in [9.17, 15) is 14.4 Å². The molecule has 4 aliphatic rings. The molecule has 1 N–H and O–H groups in total. The van der Waals surface area contributed by atoms with Crippen LogP contribution in [0.5, 0.6) is 0 Å². The van der Waals surface area contributed by atoms with Crippen LogP contribution in [-0.2, 0) is 19.3 Å². The highest BCUT2D eigenvalue weighted by Gasteiger charge is 2.63. The minimum absolute atomic E-state index is 0.0167. The van der Waals surface area contributed by atoms with Gasteiger partial charge in [0.1, 0.15) is 6.04 Å². The van der Waals surface area contributed by atoms with Crippen LogP contribution in [0.25, 0.3) is 0 Å². The van der Waals surface area contributed by atoms with Crippen molar-refractivity contribution >= 4 is 35.2 Å². The molecule has 1 spiro atoms. The van der Waals surface area contributed by atoms with Gasteiger partial charge in [0, 0.05) is 30.3 Å². The monoisotopic (exact) mass is 455 g/mol. The second-order valence-corrected chi connectivity index (χ2v) is 11.0. The third kappa shape index (κ3) is 3.44. The van der Waals surface area contributed by atoms with Crippen molar-refractivity contribution in [3.63, 3.8) is 0 Å². The van der Waals surface area contributed by atoms with Gasteiger partial charge in [-0.15, -0.1) is 11.8 Å². The Morgan fingerprint density at radius 3 is 2.38 bits per heavy atom. The second kappa shape index (κ2) is 8.73. The number of para-hydroxylation sites is 1. The SMILES string of the molecule is CN1C(=O)C2(SCC(C(=O)NC3CCCCC3)N2C(=O)C2CCCCC2)c2ccccc21. The summed E-state index contributed by atoms with van der Waals surface area (Å²) in [6.07, 6.45) is 10.4. The first kappa shape index (κ1) is 21.8. The lowest BCUT2D eigenvalue weighted by Crippen LogP contribution is -2.59. The minimum Gasteiger partial charge on any atom is -0.352 e. The molecule has 32 heavy (non-hydrogen) atoms. The Kier molecular flexibility index (Phi) is 5.95. The number of hydrogen-bond donors (Lipinski definition) is 1. The first-order chi connectivity index (χ1) is 15.5. The molecule has 2 heterocycles. The molecule has 2 unspecified atom stereocenters. The van der Waals surface area contributed by atoms with Crippen molar-refractivity contribution < 1.29 is 14.4 Å². The average molecular weight is 456 g/mol. The molecule has 2 aliphatic carbocycles. The van der Waals surface area contributed by atoms with E-state index in [4.69, 9.17) is 0 Å². The molecule has 1 aromatic carbocycles. The van der Waals surface area contributed by atoms with Gasteiger partial charge < -0.3 is 15.1 Å². The fourth-order valence-electron chi connectivity index (χ4n) is 6.03. The van der Waals surface area contributed by atoms with Gasteiger partial charge in [-0.25, -0.2) is 0 Å². The summed E-state index contributed by atoms with van der Waals surface area (Å²) in [7, 11) is 1.77. The quantitative estimate of drug-likeness (QED) is 0.753. The van der Waals surface area contributed by atoms with E-state index >= 15 is 0 Å². The Morgan fingerprint density at radius 2 is 1.66 bits per heavy atom. The molecular weight excluding hydrogens is 422 g/mol. The largest absolute Gasteiger partial charge is 0.352 e. The maximum absolute atomic E-state index is 14.0. The third-order valence-electron chi connectivity index (χ3n) is 7.77. The summed E-state index contributed by atoms with van der Waals surface area (Å²) in [6.45, 7) is 0. The van der Waals surface area contributed by atoms with E-state index in [0.29, 0.717) is 5.75 Å². The van der Waals surface area contributed by atoms with E-state index in [0.717, 1.165) is 69.0 Å². The van der Waals surface area contributed by atoms with Crippen molar-refractivity contribution in [3.05, 3.63) is 29.8 Å². The lowest BCUT2D eigenvalue weighted by atomic mass is 9.87. The molecular formula is C25H33N3O3S. The number of benzene rings is 1. The molecule has 2 aliphatic heterocycles. The van der Waals surface area contributed by atoms with Crippen LogP contribution in [0.4, 0.5) is 5.69 Å². The van der Waals surface area contributed by atoms with Gasteiger partial charge in [-0.1, -0.05) is 56.7 Å². The second-order valence-electron chi connectivity index (χ2n) is 9.74. The number of anilines is 1. The molecule has 5 rings (SSSR count). The molecule has 3 fully saturated rings. The van der Waals surface area contributed by atoms with Crippen LogP contribution in [-0.4, -0.2) is 47.5 Å². The normalized spacial score (nSPS) is 28.9. The van der Waals surface area contributed by atoms with E-state index in [-0.39, 0.29) is 29.7 Å². The third-order valence-corrected chi connectivity index (χ3v) is 9.26. The van der Waals surface area contributed by atoms with Crippen LogP contribution in [0.15, 0.2) is 24.3 Å². The molecule has 172 valence electrons. The van der Waals surface area contributed by atoms with E-state index in [1.807, 2.05) is 24.3 Å². The van der Waals surface area contributed by atoms with Crippen molar-refractivity contribution in [3.8, 4) is 0 Å². The van der Waals surface area contributed by atoms with Crippen LogP contribution in [0.3, 0.4) is 0 Å². The molecule has 0 aromatic heterocycles. The molecule has 7 heteroatoms. The zero-order valence-corrected chi connectivity index (χ0v) is 19.7. The highest BCUT2D eigenvalue weighted by molar-refractivity contribution is 8.01. The zero-order chi connectivity index (χ0) is 22.3. The lowest BCUT2D eigenvalue weighted by Gasteiger charge is -2.39. The molecule has 2 saturated carbocycles. The number of rotatable bonds is 3. The molecule has 0 radical (unpaired) electrons. The molecule has 2 atom stereocenters. The first-order valence-electron chi connectivity index (χ1n) is 12.2. The van der Waals surface area contributed by atoms with Crippen LogP contribution in [0.2, 0.25) is 0 Å². The minimum atomic E-state index is -1.13. The molecule has 1 aromatic rings. The van der Waals surface area contributed by atoms with Gasteiger partial charge in [-0.2, -0.15) is 0 Å². The fourth-order valence-corrected chi connectivity index (χ4v) is 7.68. The van der Waals surface area contributed by atoms with Crippen molar-refractivity contribution in [2.75, 3.05) is 17.7 Å². The van der Waals surface area contributed by atoms with Crippen molar-refractivity contribution in [2.45, 2.75) is 81.2 Å². The van der Waals surface area contributed by atoms with Gasteiger partial charge >= 0.3 is 0 Å². The van der Waals surface area contributed by atoms with Crippen molar-refractivity contribution in [1.82, 2.24) is 10.2 Å². The number of fused-ring (bicyclic) bond motifs is 2. The summed E-state index contributed by atoms with van der Waals surface area (Å²) in [5.74, 6) is 0.128. The number of amides is 3. The number of thioether (sulfide) groups is 1. The predicted octanol–water partition coefficient (Wildman–Crippen LogP) is 3.79. The summed E-state index contributed by atoms with van der Waals surface area (Å²) in [5, 5.41) is 3.23. The van der Waals surface area contributed by atoms with E-state index in [1.165, 1.54) is 18.2 Å². The van der Waals surface area contributed by atoms with E-state index < -0.39 is 10.9 Å². The number of hydrogen-bond acceptors (Lipinski definition) is 4. The first-order valence-corrected chi connectivity index (χ1v) is 13.2. The molecule has 0 bridgehead atoms. The van der Waals surface area contributed by atoms with E-state index in [2.05, 4.69) is 5.32 Å². The maximum atomic E-state index is 14.0. The Bertz CT molecular complexity index is 909. The number of nitrogens with zero attached hydrogens (tertiary/aromatic N) is 2. The zero-order valence-electron chi connectivity index (χ0n) is 18.8. The van der Waals surface area contributed by atoms with Crippen LogP contribution < -0.4 is 10.2 Å². The topological polar surface area (TPSA) is 69.7 Å². The van der Waals surface area contributed by atoms with Gasteiger partial charge in [0.15, 0.2) is 4.87 Å². The molecule has 6 nitrogen and oxygen atoms in total. The number of likely N-dealkylation sites (N-methyl/N-ethyl adjacent to an activating group) is 1. The number of carbonyl (C=O) groups excluding carboxylic acids is 3. The standard InChI is InChI=1S/C25H33N3O3S/c1-27-20-15-9-8-14-19(20)25(24(27)31)28(23(30)17-10-4-2-5-11-17)21(16-32-25)22(29)26-18-12-6-3-7-13-18/h8-9,14-15,17-18,21H,2-7,10-13,16H2,1H3,(H,26,29). The van der Waals surface area contributed by atoms with Gasteiger partial charge in [-0.3, -0.25) is 14.4 Å². The summed E-state index contributed by atoms with van der Waals surface area (Å²) in [5.41, 5.74) is 1.68. The smallest absolute Gasteiger partial charge is 0.268 e. The molecule has 1 saturated heterocycles. The predicted molar refractivity (Wildman–Crippen MR) is 126 cm³/mol. The van der Waals surface area contributed by atoms with Gasteiger partial charge in [0.2, 0.25) is 11.8 Å².